The molecule has 0 unspecified atom stereocenters. The van der Waals surface area contributed by atoms with Gasteiger partial charge in [0.05, 0.1) is 22.2 Å². The number of imidazole rings is 1. The highest BCUT2D eigenvalue weighted by Crippen LogP contribution is 2.25. The molecule has 0 atom stereocenters. The standard InChI is InChI=1S/C13H10FN3O2S/c1-20(18,19)8-2-3-10(14)9(6-8)13-16-11-4-5-15-7-12(11)17-13/h2-7H,1H3,(H,16,17). The predicted molar refractivity (Wildman–Crippen MR) is 72.4 cm³/mol. The molecule has 0 fully saturated rings. The van der Waals surface area contributed by atoms with Crippen LogP contribution in [0.25, 0.3) is 22.4 Å². The first-order chi connectivity index (χ1) is 9.45. The Kier molecular flexibility index (Phi) is 2.79. The predicted octanol–water partition coefficient (Wildman–Crippen LogP) is 2.17. The number of sulfone groups is 1. The molecule has 2 aromatic heterocycles. The van der Waals surface area contributed by atoms with Crippen LogP contribution in [0.4, 0.5) is 4.39 Å². The summed E-state index contributed by atoms with van der Waals surface area (Å²) in [5, 5.41) is 0. The molecular weight excluding hydrogens is 281 g/mol. The van der Waals surface area contributed by atoms with E-state index in [0.717, 1.165) is 12.3 Å². The Hall–Kier alpha value is -2.28. The summed E-state index contributed by atoms with van der Waals surface area (Å²) in [5.74, 6) is -0.264. The van der Waals surface area contributed by atoms with E-state index in [2.05, 4.69) is 15.0 Å². The van der Waals surface area contributed by atoms with Crippen molar-refractivity contribution in [2.24, 2.45) is 0 Å². The number of nitrogens with zero attached hydrogens (tertiary/aromatic N) is 2. The first-order valence-corrected chi connectivity index (χ1v) is 7.64. The molecule has 3 aromatic rings. The van der Waals surface area contributed by atoms with Gasteiger partial charge in [0.25, 0.3) is 0 Å². The third kappa shape index (κ3) is 2.16. The van der Waals surface area contributed by atoms with Crippen molar-refractivity contribution in [3.8, 4) is 11.4 Å². The molecule has 7 heteroatoms. The topological polar surface area (TPSA) is 75.7 Å². The molecule has 0 spiro atoms. The quantitative estimate of drug-likeness (QED) is 0.734. The van der Waals surface area contributed by atoms with Gasteiger partial charge >= 0.3 is 0 Å². The van der Waals surface area contributed by atoms with Gasteiger partial charge < -0.3 is 4.98 Å². The summed E-state index contributed by atoms with van der Waals surface area (Å²) in [4.78, 5) is 11.1. The van der Waals surface area contributed by atoms with Crippen LogP contribution in [0.2, 0.25) is 0 Å². The molecule has 0 radical (unpaired) electrons. The average molecular weight is 291 g/mol. The zero-order chi connectivity index (χ0) is 14.3. The molecule has 0 aliphatic rings. The van der Waals surface area contributed by atoms with Crippen molar-refractivity contribution in [1.29, 1.82) is 0 Å². The molecule has 5 nitrogen and oxygen atoms in total. The van der Waals surface area contributed by atoms with E-state index in [1.54, 1.807) is 18.5 Å². The second kappa shape index (κ2) is 4.38. The summed E-state index contributed by atoms with van der Waals surface area (Å²) >= 11 is 0. The van der Waals surface area contributed by atoms with E-state index in [0.29, 0.717) is 11.0 Å². The third-order valence-corrected chi connectivity index (χ3v) is 4.02. The molecule has 0 saturated carbocycles. The Balaban J connectivity index is 2.23. The smallest absolute Gasteiger partial charge is 0.175 e. The maximum absolute atomic E-state index is 13.9. The van der Waals surface area contributed by atoms with Crippen LogP contribution in [0.3, 0.4) is 0 Å². The van der Waals surface area contributed by atoms with Crippen LogP contribution >= 0.6 is 0 Å². The number of hydrogen-bond acceptors (Lipinski definition) is 4. The zero-order valence-electron chi connectivity index (χ0n) is 10.5. The number of H-pyrrole nitrogens is 1. The normalized spacial score (nSPS) is 11.9. The van der Waals surface area contributed by atoms with E-state index in [9.17, 15) is 12.8 Å². The lowest BCUT2D eigenvalue weighted by Crippen LogP contribution is -1.98. The minimum atomic E-state index is -3.40. The fourth-order valence-corrected chi connectivity index (χ4v) is 2.55. The number of fused-ring (bicyclic) bond motifs is 1. The van der Waals surface area contributed by atoms with Crippen LogP contribution in [-0.4, -0.2) is 29.6 Å². The Morgan fingerprint density at radius 3 is 2.75 bits per heavy atom. The van der Waals surface area contributed by atoms with Crippen molar-refractivity contribution in [2.75, 3.05) is 6.26 Å². The van der Waals surface area contributed by atoms with Gasteiger partial charge in [-0.2, -0.15) is 0 Å². The molecule has 0 amide bonds. The summed E-state index contributed by atoms with van der Waals surface area (Å²) in [7, 11) is -3.40. The lowest BCUT2D eigenvalue weighted by atomic mass is 10.2. The highest BCUT2D eigenvalue weighted by Gasteiger charge is 2.15. The van der Waals surface area contributed by atoms with Crippen LogP contribution in [0, 0.1) is 5.82 Å². The van der Waals surface area contributed by atoms with Gasteiger partial charge in [-0.05, 0) is 24.3 Å². The second-order valence-corrected chi connectivity index (χ2v) is 6.41. The first kappa shape index (κ1) is 12.7. The number of benzene rings is 1. The van der Waals surface area contributed by atoms with E-state index in [-0.39, 0.29) is 16.3 Å². The number of aromatic nitrogens is 3. The van der Waals surface area contributed by atoms with Gasteiger partial charge in [0.2, 0.25) is 0 Å². The highest BCUT2D eigenvalue weighted by atomic mass is 32.2. The van der Waals surface area contributed by atoms with E-state index < -0.39 is 15.7 Å². The summed E-state index contributed by atoms with van der Waals surface area (Å²) in [6.45, 7) is 0. The van der Waals surface area contributed by atoms with Crippen molar-refractivity contribution in [2.45, 2.75) is 4.90 Å². The Labute approximate surface area is 114 Å². The first-order valence-electron chi connectivity index (χ1n) is 5.75. The number of nitrogens with one attached hydrogen (secondary N) is 1. The summed E-state index contributed by atoms with van der Waals surface area (Å²) in [6, 6.07) is 5.34. The van der Waals surface area contributed by atoms with E-state index in [1.165, 1.54) is 12.1 Å². The van der Waals surface area contributed by atoms with Crippen molar-refractivity contribution in [3.63, 3.8) is 0 Å². The van der Waals surface area contributed by atoms with Gasteiger partial charge in [-0.15, -0.1) is 0 Å². The molecule has 3 rings (SSSR count). The molecule has 0 saturated heterocycles. The summed E-state index contributed by atoms with van der Waals surface area (Å²) < 4.78 is 37.0. The molecule has 0 aliphatic carbocycles. The summed E-state index contributed by atoms with van der Waals surface area (Å²) in [6.07, 6.45) is 4.22. The van der Waals surface area contributed by atoms with Crippen LogP contribution in [0.5, 0.6) is 0 Å². The molecule has 0 aliphatic heterocycles. The lowest BCUT2D eigenvalue weighted by Gasteiger charge is -2.03. The maximum atomic E-state index is 13.9. The Morgan fingerprint density at radius 2 is 2.05 bits per heavy atom. The second-order valence-electron chi connectivity index (χ2n) is 4.39. The van der Waals surface area contributed by atoms with Crippen LogP contribution in [0.15, 0.2) is 41.6 Å². The minimum absolute atomic E-state index is 0.0486. The van der Waals surface area contributed by atoms with Gasteiger partial charge in [-0.1, -0.05) is 0 Å². The molecule has 20 heavy (non-hydrogen) atoms. The van der Waals surface area contributed by atoms with Crippen molar-refractivity contribution in [1.82, 2.24) is 15.0 Å². The number of rotatable bonds is 2. The molecule has 0 bridgehead atoms. The number of hydrogen-bond donors (Lipinski definition) is 1. The van der Waals surface area contributed by atoms with Gasteiger partial charge in [0.1, 0.15) is 17.2 Å². The average Bonchev–Trinajstić information content (AvgIpc) is 2.81. The van der Waals surface area contributed by atoms with Crippen LogP contribution in [0.1, 0.15) is 0 Å². The molecular formula is C13H10FN3O2S. The SMILES string of the molecule is CS(=O)(=O)c1ccc(F)c(-c2nc3cnccc3[nH]2)c1. The maximum Gasteiger partial charge on any atom is 0.175 e. The van der Waals surface area contributed by atoms with E-state index >= 15 is 0 Å². The highest BCUT2D eigenvalue weighted by molar-refractivity contribution is 7.90. The Morgan fingerprint density at radius 1 is 1.25 bits per heavy atom. The van der Waals surface area contributed by atoms with Crippen molar-refractivity contribution in [3.05, 3.63) is 42.5 Å². The number of aromatic amines is 1. The van der Waals surface area contributed by atoms with Gasteiger partial charge in [-0.25, -0.2) is 17.8 Å². The fourth-order valence-electron chi connectivity index (χ4n) is 1.90. The molecule has 1 N–H and O–H groups in total. The lowest BCUT2D eigenvalue weighted by molar-refractivity contribution is 0.600. The largest absolute Gasteiger partial charge is 0.338 e. The molecule has 102 valence electrons. The van der Waals surface area contributed by atoms with E-state index in [1.807, 2.05) is 0 Å². The van der Waals surface area contributed by atoms with Crippen LogP contribution < -0.4 is 0 Å². The number of pyridine rings is 1. The van der Waals surface area contributed by atoms with Gasteiger partial charge in [0.15, 0.2) is 9.84 Å². The summed E-state index contributed by atoms with van der Waals surface area (Å²) in [5.41, 5.74) is 1.41. The fraction of sp³-hybridized carbons (Fsp3) is 0.0769. The van der Waals surface area contributed by atoms with Crippen LogP contribution in [-0.2, 0) is 9.84 Å². The zero-order valence-corrected chi connectivity index (χ0v) is 11.3. The molecule has 2 heterocycles. The monoisotopic (exact) mass is 291 g/mol. The third-order valence-electron chi connectivity index (χ3n) is 2.91. The Bertz CT molecular complexity index is 870. The van der Waals surface area contributed by atoms with Crippen molar-refractivity contribution < 1.29 is 12.8 Å². The number of halogens is 1. The van der Waals surface area contributed by atoms with Gasteiger partial charge in [-0.3, -0.25) is 4.98 Å². The van der Waals surface area contributed by atoms with Gasteiger partial charge in [0, 0.05) is 12.5 Å². The minimum Gasteiger partial charge on any atom is -0.338 e. The van der Waals surface area contributed by atoms with Crippen molar-refractivity contribution >= 4 is 20.9 Å². The van der Waals surface area contributed by atoms with E-state index in [4.69, 9.17) is 0 Å². The molecule has 1 aromatic carbocycles.